The number of aliphatic hydroxyl groups is 3. The van der Waals surface area contributed by atoms with Crippen molar-refractivity contribution < 1.29 is 25.0 Å². The van der Waals surface area contributed by atoms with E-state index < -0.39 is 36.1 Å². The number of nitro groups is 1. The highest BCUT2D eigenvalue weighted by Gasteiger charge is 2.44. The Morgan fingerprint density at radius 1 is 1.29 bits per heavy atom. The van der Waals surface area contributed by atoms with E-state index in [4.69, 9.17) is 10.5 Å². The van der Waals surface area contributed by atoms with Gasteiger partial charge in [-0.05, 0) is 17.7 Å². The van der Waals surface area contributed by atoms with Gasteiger partial charge in [0.15, 0.2) is 17.7 Å². The Hall–Kier alpha value is -3.72. The summed E-state index contributed by atoms with van der Waals surface area (Å²) in [6, 6.07) is 5.75. The molecule has 1 aliphatic heterocycles. The molecule has 4 rings (SSSR count). The number of non-ortho nitro benzene ring substituents is 1. The lowest BCUT2D eigenvalue weighted by molar-refractivity contribution is -0.384. The number of hydrogen-bond acceptors (Lipinski definition) is 12. The summed E-state index contributed by atoms with van der Waals surface area (Å²) < 4.78 is 6.88. The van der Waals surface area contributed by atoms with E-state index in [1.165, 1.54) is 41.4 Å². The molecule has 3 heterocycles. The Kier molecular flexibility index (Phi) is 5.43. The molecule has 0 spiro atoms. The number of nitrogens with two attached hydrogens (primary N) is 1. The van der Waals surface area contributed by atoms with Crippen LogP contribution in [0.1, 0.15) is 11.8 Å². The summed E-state index contributed by atoms with van der Waals surface area (Å²) in [5.41, 5.74) is 9.58. The van der Waals surface area contributed by atoms with Crippen molar-refractivity contribution in [3.63, 3.8) is 0 Å². The summed E-state index contributed by atoms with van der Waals surface area (Å²) >= 11 is 0. The van der Waals surface area contributed by atoms with Crippen molar-refractivity contribution in [1.29, 1.82) is 0 Å². The highest BCUT2D eigenvalue weighted by atomic mass is 16.6. The average Bonchev–Trinajstić information content (AvgIpc) is 3.30. The predicted molar refractivity (Wildman–Crippen MR) is 107 cm³/mol. The number of nitrogens with zero attached hydrogens (tertiary/aromatic N) is 6. The van der Waals surface area contributed by atoms with Gasteiger partial charge in [0.25, 0.3) is 5.69 Å². The maximum atomic E-state index is 10.7. The average molecular weight is 430 g/mol. The number of anilines is 2. The third-order valence-electron chi connectivity index (χ3n) is 4.72. The van der Waals surface area contributed by atoms with Gasteiger partial charge in [-0.2, -0.15) is 15.1 Å². The minimum Gasteiger partial charge on any atom is -0.394 e. The largest absolute Gasteiger partial charge is 0.394 e. The molecular formula is C17H18N8O6. The van der Waals surface area contributed by atoms with Gasteiger partial charge in [-0.15, -0.1) is 0 Å². The quantitative estimate of drug-likeness (QED) is 0.189. The molecule has 0 aliphatic carbocycles. The molecule has 162 valence electrons. The topological polar surface area (TPSA) is 207 Å². The van der Waals surface area contributed by atoms with Crippen LogP contribution in [0.4, 0.5) is 17.5 Å². The number of fused-ring (bicyclic) bond motifs is 1. The maximum absolute atomic E-state index is 10.7. The fourth-order valence-corrected chi connectivity index (χ4v) is 3.13. The van der Waals surface area contributed by atoms with Crippen LogP contribution in [0.3, 0.4) is 0 Å². The van der Waals surface area contributed by atoms with E-state index in [1.807, 2.05) is 0 Å². The van der Waals surface area contributed by atoms with Gasteiger partial charge in [-0.25, -0.2) is 10.4 Å². The van der Waals surface area contributed by atoms with E-state index in [1.54, 1.807) is 0 Å². The Morgan fingerprint density at radius 3 is 2.68 bits per heavy atom. The third-order valence-corrected chi connectivity index (χ3v) is 4.72. The number of ether oxygens (including phenoxy) is 1. The molecule has 0 bridgehead atoms. The number of imidazole rings is 1. The number of rotatable bonds is 6. The van der Waals surface area contributed by atoms with Gasteiger partial charge in [0.2, 0.25) is 5.95 Å². The Labute approximate surface area is 173 Å². The van der Waals surface area contributed by atoms with Crippen molar-refractivity contribution in [1.82, 2.24) is 19.5 Å². The van der Waals surface area contributed by atoms with Crippen LogP contribution in [0.25, 0.3) is 11.2 Å². The summed E-state index contributed by atoms with van der Waals surface area (Å²) in [7, 11) is 0. The first-order valence-electron chi connectivity index (χ1n) is 9.05. The SMILES string of the molecule is Nc1nc(NN=Cc2ccc([N+](=O)[O-])cc2)nc2c1ncn2[C@@H]1O[C@H](CO)C(O)C1O. The minimum absolute atomic E-state index is 0.0247. The number of aliphatic hydroxyl groups excluding tert-OH is 3. The van der Waals surface area contributed by atoms with Crippen LogP contribution in [0.5, 0.6) is 0 Å². The predicted octanol–water partition coefficient (Wildman–Crippen LogP) is -0.626. The zero-order valence-electron chi connectivity index (χ0n) is 15.8. The highest BCUT2D eigenvalue weighted by molar-refractivity contribution is 5.83. The van der Waals surface area contributed by atoms with Gasteiger partial charge in [0.05, 0.1) is 24.1 Å². The lowest BCUT2D eigenvalue weighted by Crippen LogP contribution is -2.33. The summed E-state index contributed by atoms with van der Waals surface area (Å²) in [6.07, 6.45) is -1.85. The number of hydrazone groups is 1. The molecule has 1 fully saturated rings. The molecule has 2 unspecified atom stereocenters. The Bertz CT molecular complexity index is 1130. The first-order valence-corrected chi connectivity index (χ1v) is 9.05. The first-order chi connectivity index (χ1) is 14.9. The number of nitrogen functional groups attached to an aromatic ring is 1. The maximum Gasteiger partial charge on any atom is 0.269 e. The van der Waals surface area contributed by atoms with E-state index in [9.17, 15) is 25.4 Å². The van der Waals surface area contributed by atoms with Crippen LogP contribution in [-0.4, -0.2) is 70.9 Å². The van der Waals surface area contributed by atoms with Gasteiger partial charge >= 0.3 is 0 Å². The monoisotopic (exact) mass is 430 g/mol. The number of hydrogen-bond donors (Lipinski definition) is 5. The fraction of sp³-hybridized carbons (Fsp3) is 0.294. The van der Waals surface area contributed by atoms with Gasteiger partial charge < -0.3 is 25.8 Å². The molecule has 31 heavy (non-hydrogen) atoms. The van der Waals surface area contributed by atoms with Crippen LogP contribution >= 0.6 is 0 Å². The number of benzene rings is 1. The molecular weight excluding hydrogens is 412 g/mol. The van der Waals surface area contributed by atoms with Crippen LogP contribution in [-0.2, 0) is 4.74 Å². The normalized spacial score (nSPS) is 23.6. The molecule has 6 N–H and O–H groups in total. The van der Waals surface area contributed by atoms with Gasteiger partial charge in [-0.1, -0.05) is 0 Å². The highest BCUT2D eigenvalue weighted by Crippen LogP contribution is 2.32. The lowest BCUT2D eigenvalue weighted by Gasteiger charge is -2.16. The van der Waals surface area contributed by atoms with E-state index in [-0.39, 0.29) is 28.6 Å². The molecule has 2 aromatic heterocycles. The standard InChI is InChI=1S/C17H18N8O6/c18-14-11-15(24(7-19-11)16-13(28)12(27)10(6-26)31-16)22-17(21-14)23-20-5-8-1-3-9(4-2-8)25(29)30/h1-5,7,10,12-13,16,26-28H,6H2,(H3,18,21,22,23)/t10-,12?,13?,16-/m1/s1. The van der Waals surface area contributed by atoms with Gasteiger partial charge in [0, 0.05) is 12.1 Å². The molecule has 0 amide bonds. The van der Waals surface area contributed by atoms with Crippen molar-refractivity contribution in [3.8, 4) is 0 Å². The number of nitro benzene ring substituents is 1. The van der Waals surface area contributed by atoms with E-state index in [0.29, 0.717) is 5.56 Å². The molecule has 3 aromatic rings. The Balaban J connectivity index is 1.57. The van der Waals surface area contributed by atoms with Crippen molar-refractivity contribution in [2.75, 3.05) is 17.8 Å². The van der Waals surface area contributed by atoms with Crippen molar-refractivity contribution in [3.05, 3.63) is 46.3 Å². The van der Waals surface area contributed by atoms with Gasteiger partial charge in [0.1, 0.15) is 23.8 Å². The van der Waals surface area contributed by atoms with Crippen LogP contribution in [0.15, 0.2) is 35.7 Å². The number of aromatic nitrogens is 4. The van der Waals surface area contributed by atoms with E-state index in [2.05, 4.69) is 25.5 Å². The summed E-state index contributed by atoms with van der Waals surface area (Å²) in [6.45, 7) is -0.470. The molecule has 4 atom stereocenters. The second-order valence-corrected chi connectivity index (χ2v) is 6.70. The molecule has 14 nitrogen and oxygen atoms in total. The third kappa shape index (κ3) is 3.87. The molecule has 14 heteroatoms. The fourth-order valence-electron chi connectivity index (χ4n) is 3.13. The zero-order valence-corrected chi connectivity index (χ0v) is 15.8. The second-order valence-electron chi connectivity index (χ2n) is 6.70. The van der Waals surface area contributed by atoms with Gasteiger partial charge in [-0.3, -0.25) is 14.7 Å². The molecule has 0 saturated carbocycles. The van der Waals surface area contributed by atoms with Crippen molar-refractivity contribution >= 4 is 34.8 Å². The lowest BCUT2D eigenvalue weighted by atomic mass is 10.1. The smallest absolute Gasteiger partial charge is 0.269 e. The molecule has 0 radical (unpaired) electrons. The molecule has 1 saturated heterocycles. The summed E-state index contributed by atoms with van der Waals surface area (Å²) in [4.78, 5) is 22.7. The molecule has 1 aliphatic rings. The minimum atomic E-state index is -1.32. The Morgan fingerprint density at radius 2 is 2.03 bits per heavy atom. The van der Waals surface area contributed by atoms with Crippen molar-refractivity contribution in [2.45, 2.75) is 24.5 Å². The van der Waals surface area contributed by atoms with Crippen molar-refractivity contribution in [2.24, 2.45) is 5.10 Å². The van der Waals surface area contributed by atoms with Crippen LogP contribution in [0, 0.1) is 10.1 Å². The second kappa shape index (κ2) is 8.19. The first kappa shape index (κ1) is 20.5. The summed E-state index contributed by atoms with van der Waals surface area (Å²) in [5, 5.41) is 44.2. The summed E-state index contributed by atoms with van der Waals surface area (Å²) in [5.74, 6) is 0.0696. The van der Waals surface area contributed by atoms with Crippen LogP contribution < -0.4 is 11.2 Å². The molecule has 1 aromatic carbocycles. The number of nitrogens with one attached hydrogen (secondary N) is 1. The van der Waals surface area contributed by atoms with E-state index >= 15 is 0 Å². The zero-order chi connectivity index (χ0) is 22.1. The van der Waals surface area contributed by atoms with Crippen LogP contribution in [0.2, 0.25) is 0 Å². The van der Waals surface area contributed by atoms with E-state index in [0.717, 1.165) is 0 Å².